The molecule has 3 nitrogen and oxygen atoms in total. The maximum absolute atomic E-state index is 6.14. The van der Waals surface area contributed by atoms with Crippen LogP contribution in [0.5, 0.6) is 5.75 Å². The molecule has 16 heavy (non-hydrogen) atoms. The van der Waals surface area contributed by atoms with E-state index in [2.05, 4.69) is 26.8 Å². The van der Waals surface area contributed by atoms with E-state index < -0.39 is 7.87 Å². The molecule has 2 heterocycles. The molecular formula is C11H10BrNO2P+. The summed E-state index contributed by atoms with van der Waals surface area (Å²) in [5.74, 6) is 2.99. The van der Waals surface area contributed by atoms with Gasteiger partial charge in [0.2, 0.25) is 5.75 Å². The summed E-state index contributed by atoms with van der Waals surface area (Å²) < 4.78 is 13.3. The highest BCUT2D eigenvalue weighted by Gasteiger charge is 2.67. The molecule has 3 aliphatic rings. The second kappa shape index (κ2) is 2.81. The van der Waals surface area contributed by atoms with Gasteiger partial charge >= 0.3 is 7.87 Å². The highest BCUT2D eigenvalue weighted by atomic mass is 79.9. The topological polar surface area (TPSA) is 30.5 Å². The van der Waals surface area contributed by atoms with Gasteiger partial charge in [-0.15, -0.1) is 0 Å². The minimum atomic E-state index is -2.05. The maximum Gasteiger partial charge on any atom is 0.446 e. The summed E-state index contributed by atoms with van der Waals surface area (Å²) in [6.45, 7) is 0. The zero-order valence-corrected chi connectivity index (χ0v) is 10.9. The SMILES string of the molecule is BrC1=C[P+]2(Nc3ccccc3O2)OC12CC2. The lowest BCUT2D eigenvalue weighted by Gasteiger charge is -2.11. The first kappa shape index (κ1) is 9.46. The predicted octanol–water partition coefficient (Wildman–Crippen LogP) is 4.05. The van der Waals surface area contributed by atoms with Crippen molar-refractivity contribution in [3.8, 4) is 5.75 Å². The van der Waals surface area contributed by atoms with E-state index >= 15 is 0 Å². The second-order valence-corrected chi connectivity index (χ2v) is 7.25. The highest BCUT2D eigenvalue weighted by molar-refractivity contribution is 9.11. The van der Waals surface area contributed by atoms with Crippen molar-refractivity contribution < 1.29 is 9.05 Å². The molecular weight excluding hydrogens is 289 g/mol. The van der Waals surface area contributed by atoms with Crippen LogP contribution in [0.4, 0.5) is 5.69 Å². The van der Waals surface area contributed by atoms with Gasteiger partial charge in [0.25, 0.3) is 0 Å². The Morgan fingerprint density at radius 1 is 1.31 bits per heavy atom. The molecule has 1 saturated carbocycles. The van der Waals surface area contributed by atoms with Crippen LogP contribution in [0.1, 0.15) is 12.8 Å². The fourth-order valence-electron chi connectivity index (χ4n) is 2.12. The lowest BCUT2D eigenvalue weighted by Crippen LogP contribution is -2.11. The Hall–Kier alpha value is -0.570. The molecule has 1 aliphatic carbocycles. The summed E-state index contributed by atoms with van der Waals surface area (Å²) in [5.41, 5.74) is 0.966. The Balaban J connectivity index is 1.74. The number of anilines is 1. The van der Waals surface area contributed by atoms with Gasteiger partial charge in [-0.2, -0.15) is 9.61 Å². The number of para-hydroxylation sites is 2. The van der Waals surface area contributed by atoms with Gasteiger partial charge in [-0.25, -0.2) is 0 Å². The Morgan fingerprint density at radius 2 is 2.12 bits per heavy atom. The molecule has 2 spiro atoms. The summed E-state index contributed by atoms with van der Waals surface area (Å²) in [6, 6.07) is 7.97. The molecule has 1 N–H and O–H groups in total. The molecule has 5 heteroatoms. The number of fused-ring (bicyclic) bond motifs is 1. The van der Waals surface area contributed by atoms with E-state index in [0.29, 0.717) is 0 Å². The van der Waals surface area contributed by atoms with Crippen LogP contribution in [0.3, 0.4) is 0 Å². The molecule has 1 aromatic rings. The molecule has 4 rings (SSSR count). The molecule has 0 bridgehead atoms. The van der Waals surface area contributed by atoms with Crippen LogP contribution in [0.2, 0.25) is 0 Å². The fraction of sp³-hybridized carbons (Fsp3) is 0.273. The Morgan fingerprint density at radius 3 is 2.81 bits per heavy atom. The average Bonchev–Trinajstić information content (AvgIpc) is 2.86. The van der Waals surface area contributed by atoms with Crippen molar-refractivity contribution in [1.82, 2.24) is 0 Å². The molecule has 0 aromatic heterocycles. The third-order valence-corrected chi connectivity index (χ3v) is 6.68. The number of halogens is 1. The third-order valence-electron chi connectivity index (χ3n) is 3.13. The fourth-order valence-corrected chi connectivity index (χ4v) is 6.13. The molecule has 0 radical (unpaired) electrons. The zero-order valence-electron chi connectivity index (χ0n) is 8.44. The van der Waals surface area contributed by atoms with E-state index in [0.717, 1.165) is 28.8 Å². The first-order valence-electron chi connectivity index (χ1n) is 5.27. The summed E-state index contributed by atoms with van der Waals surface area (Å²) in [4.78, 5) is 0. The van der Waals surface area contributed by atoms with E-state index in [-0.39, 0.29) is 5.60 Å². The summed E-state index contributed by atoms with van der Waals surface area (Å²) in [5, 5.41) is 3.40. The number of benzene rings is 1. The summed E-state index contributed by atoms with van der Waals surface area (Å²) in [7, 11) is -2.05. The minimum Gasteiger partial charge on any atom is -0.287 e. The predicted molar refractivity (Wildman–Crippen MR) is 67.7 cm³/mol. The zero-order chi connectivity index (χ0) is 10.8. The standard InChI is InChI=1S/C11H10BrNO2P/c12-10-7-16(15-11(10)5-6-11)13-8-3-1-2-4-9(8)14-16/h1-4,7,13H,5-6H2/q+1. The lowest BCUT2D eigenvalue weighted by atomic mass is 10.3. The van der Waals surface area contributed by atoms with Crippen molar-refractivity contribution >= 4 is 29.5 Å². The Labute approximate surface area is 103 Å². The lowest BCUT2D eigenvalue weighted by molar-refractivity contribution is 0.237. The quantitative estimate of drug-likeness (QED) is 0.733. The van der Waals surface area contributed by atoms with Gasteiger partial charge in [-0.05, 0) is 40.9 Å². The minimum absolute atomic E-state index is 0.0666. The number of hydrogen-bond donors (Lipinski definition) is 1. The third kappa shape index (κ3) is 1.15. The van der Waals surface area contributed by atoms with Gasteiger partial charge in [0.1, 0.15) is 5.69 Å². The van der Waals surface area contributed by atoms with E-state index in [1.807, 2.05) is 24.3 Å². The average molecular weight is 299 g/mol. The van der Waals surface area contributed by atoms with Gasteiger partial charge < -0.3 is 0 Å². The van der Waals surface area contributed by atoms with Crippen molar-refractivity contribution in [3.05, 3.63) is 34.6 Å². The second-order valence-electron chi connectivity index (χ2n) is 4.36. The van der Waals surface area contributed by atoms with Gasteiger partial charge in [0.15, 0.2) is 11.4 Å². The van der Waals surface area contributed by atoms with Gasteiger partial charge in [0, 0.05) is 0 Å². The number of nitrogens with one attached hydrogen (secondary N) is 1. The monoisotopic (exact) mass is 298 g/mol. The molecule has 1 fully saturated rings. The Bertz CT molecular complexity index is 487. The van der Waals surface area contributed by atoms with Gasteiger partial charge in [-0.3, -0.25) is 4.52 Å². The highest BCUT2D eigenvalue weighted by Crippen LogP contribution is 2.77. The number of rotatable bonds is 0. The largest absolute Gasteiger partial charge is 0.446 e. The van der Waals surface area contributed by atoms with Crippen molar-refractivity contribution in [2.24, 2.45) is 0 Å². The van der Waals surface area contributed by atoms with Crippen LogP contribution in [-0.2, 0) is 4.52 Å². The summed E-state index contributed by atoms with van der Waals surface area (Å²) in [6.07, 6.45) is 2.18. The van der Waals surface area contributed by atoms with E-state index in [1.54, 1.807) is 0 Å². The van der Waals surface area contributed by atoms with Crippen molar-refractivity contribution in [2.75, 3.05) is 5.09 Å². The Kier molecular flexibility index (Phi) is 1.66. The molecule has 82 valence electrons. The van der Waals surface area contributed by atoms with Gasteiger partial charge in [-0.1, -0.05) is 12.1 Å². The van der Waals surface area contributed by atoms with Crippen LogP contribution in [0.25, 0.3) is 0 Å². The van der Waals surface area contributed by atoms with Crippen molar-refractivity contribution in [3.63, 3.8) is 0 Å². The molecule has 1 atom stereocenters. The molecule has 1 aromatic carbocycles. The smallest absolute Gasteiger partial charge is 0.287 e. The van der Waals surface area contributed by atoms with Crippen LogP contribution >= 0.6 is 23.8 Å². The molecule has 2 aliphatic heterocycles. The molecule has 0 amide bonds. The molecule has 1 unspecified atom stereocenters. The maximum atomic E-state index is 6.14. The molecule has 0 saturated heterocycles. The van der Waals surface area contributed by atoms with Crippen LogP contribution in [0, 0.1) is 0 Å². The van der Waals surface area contributed by atoms with Crippen LogP contribution in [-0.4, -0.2) is 5.60 Å². The van der Waals surface area contributed by atoms with Crippen LogP contribution < -0.4 is 9.61 Å². The van der Waals surface area contributed by atoms with Crippen molar-refractivity contribution in [2.45, 2.75) is 18.4 Å². The van der Waals surface area contributed by atoms with Gasteiger partial charge in [0.05, 0.1) is 4.48 Å². The first-order valence-corrected chi connectivity index (χ1v) is 7.75. The van der Waals surface area contributed by atoms with E-state index in [1.165, 1.54) is 0 Å². The van der Waals surface area contributed by atoms with Crippen molar-refractivity contribution in [1.29, 1.82) is 0 Å². The van der Waals surface area contributed by atoms with E-state index in [4.69, 9.17) is 9.05 Å². The first-order chi connectivity index (χ1) is 7.72. The van der Waals surface area contributed by atoms with Crippen LogP contribution in [0.15, 0.2) is 34.6 Å². The van der Waals surface area contributed by atoms with E-state index in [9.17, 15) is 0 Å². The summed E-state index contributed by atoms with van der Waals surface area (Å²) >= 11 is 3.60. The number of hydrogen-bond acceptors (Lipinski definition) is 3. The normalized spacial score (nSPS) is 32.2.